The maximum atomic E-state index is 11.0. The summed E-state index contributed by atoms with van der Waals surface area (Å²) in [5.74, 6) is 0. The predicted octanol–water partition coefficient (Wildman–Crippen LogP) is 4.41. The molecule has 0 spiro atoms. The fraction of sp³-hybridized carbons (Fsp3) is 0.250. The average molecular weight is 305 g/mol. The number of halogens is 1. The zero-order valence-corrected chi connectivity index (χ0v) is 12.7. The number of benzene rings is 2. The van der Waals surface area contributed by atoms with E-state index in [9.17, 15) is 10.1 Å². The zero-order valence-electron chi connectivity index (χ0n) is 12.0. The Morgan fingerprint density at radius 1 is 1.24 bits per heavy atom. The van der Waals surface area contributed by atoms with Gasteiger partial charge in [-0.05, 0) is 31.5 Å². The third-order valence-electron chi connectivity index (χ3n) is 3.41. The van der Waals surface area contributed by atoms with E-state index in [1.165, 1.54) is 17.7 Å². The Bertz CT molecular complexity index is 641. The molecule has 0 bridgehead atoms. The highest BCUT2D eigenvalue weighted by Gasteiger charge is 2.14. The number of aryl methyl sites for hydroxylation is 1. The average Bonchev–Trinajstić information content (AvgIpc) is 2.45. The monoisotopic (exact) mass is 304 g/mol. The lowest BCUT2D eigenvalue weighted by Crippen LogP contribution is -2.18. The Balaban J connectivity index is 2.10. The first kappa shape index (κ1) is 15.5. The minimum absolute atomic E-state index is 0.0861. The summed E-state index contributed by atoms with van der Waals surface area (Å²) in [5.41, 5.74) is 3.02. The van der Waals surface area contributed by atoms with Gasteiger partial charge in [-0.3, -0.25) is 10.1 Å². The summed E-state index contributed by atoms with van der Waals surface area (Å²) in [7, 11) is 0. The molecule has 2 aromatic rings. The van der Waals surface area contributed by atoms with Crippen LogP contribution < -0.4 is 5.32 Å². The van der Waals surface area contributed by atoms with Crippen molar-refractivity contribution in [2.75, 3.05) is 0 Å². The molecule has 0 saturated carbocycles. The lowest BCUT2D eigenvalue weighted by atomic mass is 10.1. The predicted molar refractivity (Wildman–Crippen MR) is 84.5 cm³/mol. The van der Waals surface area contributed by atoms with Gasteiger partial charge in [-0.1, -0.05) is 41.4 Å². The van der Waals surface area contributed by atoms with E-state index in [0.29, 0.717) is 17.1 Å². The summed E-state index contributed by atoms with van der Waals surface area (Å²) in [4.78, 5) is 10.6. The fourth-order valence-electron chi connectivity index (χ4n) is 2.11. The smallest absolute Gasteiger partial charge is 0.273 e. The molecule has 0 heterocycles. The van der Waals surface area contributed by atoms with Crippen LogP contribution in [0.25, 0.3) is 0 Å². The maximum absolute atomic E-state index is 11.0. The molecular formula is C16H17ClN2O2. The zero-order chi connectivity index (χ0) is 15.4. The highest BCUT2D eigenvalue weighted by atomic mass is 35.5. The topological polar surface area (TPSA) is 55.2 Å². The van der Waals surface area contributed by atoms with Crippen molar-refractivity contribution in [1.82, 2.24) is 5.32 Å². The molecule has 110 valence electrons. The van der Waals surface area contributed by atoms with Crippen molar-refractivity contribution in [1.29, 1.82) is 0 Å². The van der Waals surface area contributed by atoms with E-state index < -0.39 is 0 Å². The van der Waals surface area contributed by atoms with Crippen molar-refractivity contribution in [3.63, 3.8) is 0 Å². The first-order valence-corrected chi connectivity index (χ1v) is 7.08. The molecule has 0 fully saturated rings. The SMILES string of the molecule is Cc1ccc(C(C)NCc2cc(Cl)ccc2[N+](=O)[O-])cc1. The lowest BCUT2D eigenvalue weighted by molar-refractivity contribution is -0.385. The molecule has 0 radical (unpaired) electrons. The molecule has 0 aliphatic heterocycles. The standard InChI is InChI=1S/C16H17ClN2O2/c1-11-3-5-13(6-4-11)12(2)18-10-14-9-15(17)7-8-16(14)19(20)21/h3-9,12,18H,10H2,1-2H3. The highest BCUT2D eigenvalue weighted by Crippen LogP contribution is 2.23. The summed E-state index contributed by atoms with van der Waals surface area (Å²) >= 11 is 5.92. The Morgan fingerprint density at radius 2 is 1.90 bits per heavy atom. The summed E-state index contributed by atoms with van der Waals surface area (Å²) < 4.78 is 0. The molecule has 0 aromatic heterocycles. The number of nitro groups is 1. The Hall–Kier alpha value is -1.91. The van der Waals surface area contributed by atoms with Crippen molar-refractivity contribution in [3.05, 3.63) is 74.3 Å². The van der Waals surface area contributed by atoms with Crippen LogP contribution in [-0.4, -0.2) is 4.92 Å². The first-order valence-electron chi connectivity index (χ1n) is 6.70. The minimum Gasteiger partial charge on any atom is -0.306 e. The van der Waals surface area contributed by atoms with Gasteiger partial charge >= 0.3 is 0 Å². The van der Waals surface area contributed by atoms with Gasteiger partial charge in [0.15, 0.2) is 0 Å². The number of hydrogen-bond donors (Lipinski definition) is 1. The van der Waals surface area contributed by atoms with Crippen LogP contribution in [0.5, 0.6) is 0 Å². The number of hydrogen-bond acceptors (Lipinski definition) is 3. The van der Waals surface area contributed by atoms with Gasteiger partial charge in [-0.2, -0.15) is 0 Å². The van der Waals surface area contributed by atoms with Crippen LogP contribution in [0.4, 0.5) is 5.69 Å². The molecule has 0 saturated heterocycles. The molecule has 1 atom stereocenters. The molecule has 1 unspecified atom stereocenters. The van der Waals surface area contributed by atoms with Gasteiger partial charge in [-0.25, -0.2) is 0 Å². The number of rotatable bonds is 5. The Labute approximate surface area is 128 Å². The van der Waals surface area contributed by atoms with Crippen LogP contribution in [0.1, 0.15) is 29.7 Å². The van der Waals surface area contributed by atoms with Gasteiger partial charge in [0.1, 0.15) is 0 Å². The molecule has 0 aliphatic carbocycles. The molecule has 2 rings (SSSR count). The summed E-state index contributed by atoms with van der Waals surface area (Å²) in [6.07, 6.45) is 0. The fourth-order valence-corrected chi connectivity index (χ4v) is 2.30. The molecule has 2 aromatic carbocycles. The van der Waals surface area contributed by atoms with Crippen LogP contribution in [0.15, 0.2) is 42.5 Å². The van der Waals surface area contributed by atoms with E-state index in [4.69, 9.17) is 11.6 Å². The second-order valence-corrected chi connectivity index (χ2v) is 5.48. The van der Waals surface area contributed by atoms with Crippen LogP contribution in [0, 0.1) is 17.0 Å². The third-order valence-corrected chi connectivity index (χ3v) is 3.65. The summed E-state index contributed by atoms with van der Waals surface area (Å²) in [6, 6.07) is 12.9. The lowest BCUT2D eigenvalue weighted by Gasteiger charge is -2.14. The van der Waals surface area contributed by atoms with E-state index in [-0.39, 0.29) is 16.7 Å². The van der Waals surface area contributed by atoms with Crippen molar-refractivity contribution in [2.45, 2.75) is 26.4 Å². The van der Waals surface area contributed by atoms with Crippen LogP contribution >= 0.6 is 11.6 Å². The van der Waals surface area contributed by atoms with E-state index >= 15 is 0 Å². The summed E-state index contributed by atoms with van der Waals surface area (Å²) in [5, 5.41) is 14.8. The molecular weight excluding hydrogens is 288 g/mol. The van der Waals surface area contributed by atoms with E-state index in [0.717, 1.165) is 5.56 Å². The third kappa shape index (κ3) is 4.03. The van der Waals surface area contributed by atoms with E-state index in [1.54, 1.807) is 6.07 Å². The van der Waals surface area contributed by atoms with Crippen molar-refractivity contribution in [2.24, 2.45) is 0 Å². The van der Waals surface area contributed by atoms with Gasteiger partial charge < -0.3 is 5.32 Å². The van der Waals surface area contributed by atoms with E-state index in [1.807, 2.05) is 13.8 Å². The Kier molecular flexibility index (Phi) is 4.94. The van der Waals surface area contributed by atoms with Gasteiger partial charge in [0.2, 0.25) is 0 Å². The second-order valence-electron chi connectivity index (χ2n) is 5.04. The molecule has 1 N–H and O–H groups in total. The highest BCUT2D eigenvalue weighted by molar-refractivity contribution is 6.30. The number of nitrogens with zero attached hydrogens (tertiary/aromatic N) is 1. The number of nitrogens with one attached hydrogen (secondary N) is 1. The van der Waals surface area contributed by atoms with Gasteiger partial charge in [0.25, 0.3) is 5.69 Å². The van der Waals surface area contributed by atoms with Crippen molar-refractivity contribution in [3.8, 4) is 0 Å². The quantitative estimate of drug-likeness (QED) is 0.657. The van der Waals surface area contributed by atoms with E-state index in [2.05, 4.69) is 29.6 Å². The van der Waals surface area contributed by atoms with Crippen molar-refractivity contribution >= 4 is 17.3 Å². The van der Waals surface area contributed by atoms with Crippen LogP contribution in [0.2, 0.25) is 5.02 Å². The summed E-state index contributed by atoms with van der Waals surface area (Å²) in [6.45, 7) is 4.46. The Morgan fingerprint density at radius 3 is 2.52 bits per heavy atom. The van der Waals surface area contributed by atoms with Crippen molar-refractivity contribution < 1.29 is 4.92 Å². The minimum atomic E-state index is -0.385. The van der Waals surface area contributed by atoms with Gasteiger partial charge in [0.05, 0.1) is 4.92 Å². The second kappa shape index (κ2) is 6.70. The molecule has 0 aliphatic rings. The largest absolute Gasteiger partial charge is 0.306 e. The van der Waals surface area contributed by atoms with Gasteiger partial charge in [-0.15, -0.1) is 0 Å². The normalized spacial score (nSPS) is 12.1. The number of nitro benzene ring substituents is 1. The van der Waals surface area contributed by atoms with Crippen LogP contribution in [0.3, 0.4) is 0 Å². The first-order chi connectivity index (χ1) is 9.97. The molecule has 5 heteroatoms. The molecule has 0 amide bonds. The molecule has 4 nitrogen and oxygen atoms in total. The van der Waals surface area contributed by atoms with Gasteiger partial charge in [0, 0.05) is 29.2 Å². The van der Waals surface area contributed by atoms with Crippen LogP contribution in [-0.2, 0) is 6.54 Å². The maximum Gasteiger partial charge on any atom is 0.273 e. The molecule has 21 heavy (non-hydrogen) atoms.